The minimum atomic E-state index is 0.818. The molecule has 0 spiro atoms. The zero-order chi connectivity index (χ0) is 17.3. The fraction of sp³-hybridized carbons (Fsp3) is 0. The molecular weight excluding hydrogens is 340 g/mol. The van der Waals surface area contributed by atoms with Gasteiger partial charge in [0.2, 0.25) is 0 Å². The van der Waals surface area contributed by atoms with Gasteiger partial charge in [-0.25, -0.2) is 9.97 Å². The van der Waals surface area contributed by atoms with Crippen molar-refractivity contribution in [2.24, 2.45) is 0 Å². The summed E-state index contributed by atoms with van der Waals surface area (Å²) in [6, 6.07) is 20.5. The molecule has 5 aromatic rings. The highest BCUT2D eigenvalue weighted by atomic mass is 32.1. The molecule has 2 aromatic carbocycles. The van der Waals surface area contributed by atoms with Crippen LogP contribution in [-0.2, 0) is 0 Å². The number of aromatic nitrogens is 3. The van der Waals surface area contributed by atoms with Gasteiger partial charge in [-0.1, -0.05) is 36.4 Å². The van der Waals surface area contributed by atoms with Crippen molar-refractivity contribution in [3.63, 3.8) is 0 Å². The lowest BCUT2D eigenvalue weighted by atomic mass is 10.1. The van der Waals surface area contributed by atoms with E-state index in [9.17, 15) is 0 Å². The Bertz CT molecular complexity index is 1210. The SMILES string of the molecule is c1ccc(-c2csc3ncnc(Nc4ccc5ncccc5c4)c23)cc1. The van der Waals surface area contributed by atoms with Gasteiger partial charge in [-0.3, -0.25) is 4.98 Å². The molecule has 3 heterocycles. The highest BCUT2D eigenvalue weighted by Crippen LogP contribution is 2.37. The minimum absolute atomic E-state index is 0.818. The number of thiophene rings is 1. The highest BCUT2D eigenvalue weighted by Gasteiger charge is 2.13. The van der Waals surface area contributed by atoms with E-state index in [2.05, 4.69) is 49.9 Å². The molecule has 0 saturated carbocycles. The average molecular weight is 354 g/mol. The lowest BCUT2D eigenvalue weighted by Gasteiger charge is -2.09. The lowest BCUT2D eigenvalue weighted by Crippen LogP contribution is -1.95. The van der Waals surface area contributed by atoms with E-state index >= 15 is 0 Å². The summed E-state index contributed by atoms with van der Waals surface area (Å²) in [5.74, 6) is 0.818. The average Bonchev–Trinajstić information content (AvgIpc) is 3.14. The second kappa shape index (κ2) is 6.20. The number of pyridine rings is 1. The van der Waals surface area contributed by atoms with Crippen LogP contribution >= 0.6 is 11.3 Å². The summed E-state index contributed by atoms with van der Waals surface area (Å²) in [5, 5.41) is 7.75. The zero-order valence-corrected chi connectivity index (χ0v) is 14.6. The predicted octanol–water partition coefficient (Wildman–Crippen LogP) is 5.65. The molecular formula is C21H14N4S. The van der Waals surface area contributed by atoms with E-state index in [1.54, 1.807) is 23.9 Å². The molecule has 3 aromatic heterocycles. The Labute approximate surface area is 154 Å². The minimum Gasteiger partial charge on any atom is -0.340 e. The van der Waals surface area contributed by atoms with Crippen LogP contribution in [0.15, 0.2) is 78.6 Å². The van der Waals surface area contributed by atoms with E-state index < -0.39 is 0 Å². The number of nitrogens with zero attached hydrogens (tertiary/aromatic N) is 3. The van der Waals surface area contributed by atoms with Crippen LogP contribution in [-0.4, -0.2) is 15.0 Å². The first-order chi connectivity index (χ1) is 12.9. The van der Waals surface area contributed by atoms with Gasteiger partial charge < -0.3 is 5.32 Å². The van der Waals surface area contributed by atoms with Crippen molar-refractivity contribution < 1.29 is 0 Å². The van der Waals surface area contributed by atoms with Crippen molar-refractivity contribution >= 4 is 44.0 Å². The highest BCUT2D eigenvalue weighted by molar-refractivity contribution is 7.17. The Hall–Kier alpha value is -3.31. The first-order valence-electron chi connectivity index (χ1n) is 8.28. The topological polar surface area (TPSA) is 50.7 Å². The first kappa shape index (κ1) is 15.0. The summed E-state index contributed by atoms with van der Waals surface area (Å²) in [5.41, 5.74) is 4.28. The van der Waals surface area contributed by atoms with E-state index in [-0.39, 0.29) is 0 Å². The van der Waals surface area contributed by atoms with Gasteiger partial charge in [0.05, 0.1) is 10.9 Å². The van der Waals surface area contributed by atoms with Gasteiger partial charge >= 0.3 is 0 Å². The fourth-order valence-corrected chi connectivity index (χ4v) is 4.01. The molecule has 5 rings (SSSR count). The smallest absolute Gasteiger partial charge is 0.143 e. The van der Waals surface area contributed by atoms with E-state index in [4.69, 9.17) is 0 Å². The molecule has 0 aliphatic rings. The summed E-state index contributed by atoms with van der Waals surface area (Å²) in [7, 11) is 0. The maximum Gasteiger partial charge on any atom is 0.143 e. The summed E-state index contributed by atoms with van der Waals surface area (Å²) >= 11 is 1.63. The van der Waals surface area contributed by atoms with Crippen molar-refractivity contribution in [1.29, 1.82) is 0 Å². The van der Waals surface area contributed by atoms with Crippen molar-refractivity contribution in [3.8, 4) is 11.1 Å². The van der Waals surface area contributed by atoms with Crippen LogP contribution in [0.25, 0.3) is 32.2 Å². The van der Waals surface area contributed by atoms with Crippen LogP contribution in [0.5, 0.6) is 0 Å². The summed E-state index contributed by atoms with van der Waals surface area (Å²) in [6.07, 6.45) is 3.42. The summed E-state index contributed by atoms with van der Waals surface area (Å²) in [4.78, 5) is 14.3. The quantitative estimate of drug-likeness (QED) is 0.455. The largest absolute Gasteiger partial charge is 0.340 e. The molecule has 0 bridgehead atoms. The lowest BCUT2D eigenvalue weighted by molar-refractivity contribution is 1.23. The second-order valence-corrected chi connectivity index (χ2v) is 6.81. The molecule has 0 aliphatic heterocycles. The number of nitrogens with one attached hydrogen (secondary N) is 1. The van der Waals surface area contributed by atoms with Crippen LogP contribution in [0.3, 0.4) is 0 Å². The molecule has 5 heteroatoms. The van der Waals surface area contributed by atoms with Crippen LogP contribution < -0.4 is 5.32 Å². The van der Waals surface area contributed by atoms with Gasteiger partial charge in [0, 0.05) is 28.2 Å². The van der Waals surface area contributed by atoms with E-state index in [0.717, 1.165) is 38.2 Å². The van der Waals surface area contributed by atoms with Gasteiger partial charge in [0.1, 0.15) is 17.0 Å². The Morgan fingerprint density at radius 2 is 1.77 bits per heavy atom. The third-order valence-corrected chi connectivity index (χ3v) is 5.21. The van der Waals surface area contributed by atoms with Crippen LogP contribution in [0.4, 0.5) is 11.5 Å². The zero-order valence-electron chi connectivity index (χ0n) is 13.8. The standard InChI is InChI=1S/C21H14N4S/c1-2-5-14(6-3-1)17-12-26-21-19(17)20(23-13-24-21)25-16-8-9-18-15(11-16)7-4-10-22-18/h1-13H,(H,23,24,25). The van der Waals surface area contributed by atoms with Gasteiger partial charge in [-0.2, -0.15) is 0 Å². The Kier molecular flexibility index (Phi) is 3.57. The normalized spacial score (nSPS) is 11.1. The Morgan fingerprint density at radius 3 is 2.69 bits per heavy atom. The van der Waals surface area contributed by atoms with Gasteiger partial charge in [0.25, 0.3) is 0 Å². The number of fused-ring (bicyclic) bond motifs is 2. The molecule has 0 fully saturated rings. The molecule has 1 N–H and O–H groups in total. The predicted molar refractivity (Wildman–Crippen MR) is 108 cm³/mol. The molecule has 0 aliphatic carbocycles. The van der Waals surface area contributed by atoms with Crippen molar-refractivity contribution in [2.75, 3.05) is 5.32 Å². The Morgan fingerprint density at radius 1 is 0.846 bits per heavy atom. The molecule has 0 atom stereocenters. The number of hydrogen-bond acceptors (Lipinski definition) is 5. The van der Waals surface area contributed by atoms with Crippen LogP contribution in [0.2, 0.25) is 0 Å². The van der Waals surface area contributed by atoms with E-state index in [1.807, 2.05) is 36.4 Å². The molecule has 0 saturated heterocycles. The van der Waals surface area contributed by atoms with Crippen molar-refractivity contribution in [3.05, 3.63) is 78.6 Å². The number of anilines is 2. The van der Waals surface area contributed by atoms with Crippen LogP contribution in [0.1, 0.15) is 0 Å². The molecule has 0 radical (unpaired) electrons. The maximum absolute atomic E-state index is 4.51. The molecule has 0 amide bonds. The number of benzene rings is 2. The van der Waals surface area contributed by atoms with Crippen molar-refractivity contribution in [1.82, 2.24) is 15.0 Å². The fourth-order valence-electron chi connectivity index (χ4n) is 3.09. The Balaban J connectivity index is 1.63. The van der Waals surface area contributed by atoms with Gasteiger partial charge in [-0.05, 0) is 29.8 Å². The second-order valence-electron chi connectivity index (χ2n) is 5.95. The van der Waals surface area contributed by atoms with Gasteiger partial charge in [-0.15, -0.1) is 11.3 Å². The monoisotopic (exact) mass is 354 g/mol. The molecule has 26 heavy (non-hydrogen) atoms. The third-order valence-electron chi connectivity index (χ3n) is 4.32. The van der Waals surface area contributed by atoms with E-state index in [0.29, 0.717) is 0 Å². The third kappa shape index (κ3) is 2.59. The summed E-state index contributed by atoms with van der Waals surface area (Å²) in [6.45, 7) is 0. The molecule has 124 valence electrons. The van der Waals surface area contributed by atoms with Gasteiger partial charge in [0.15, 0.2) is 0 Å². The maximum atomic E-state index is 4.51. The number of hydrogen-bond donors (Lipinski definition) is 1. The molecule has 4 nitrogen and oxygen atoms in total. The number of rotatable bonds is 3. The van der Waals surface area contributed by atoms with Crippen molar-refractivity contribution in [2.45, 2.75) is 0 Å². The summed E-state index contributed by atoms with van der Waals surface area (Å²) < 4.78 is 0. The first-order valence-corrected chi connectivity index (χ1v) is 9.16. The van der Waals surface area contributed by atoms with Crippen LogP contribution in [0, 0.1) is 0 Å². The molecule has 0 unspecified atom stereocenters. The van der Waals surface area contributed by atoms with E-state index in [1.165, 1.54) is 5.56 Å².